The minimum atomic E-state index is 0.134. The monoisotopic (exact) mass is 275 g/mol. The summed E-state index contributed by atoms with van der Waals surface area (Å²) in [7, 11) is 1.55. The lowest BCUT2D eigenvalue weighted by Crippen LogP contribution is -2.42. The summed E-state index contributed by atoms with van der Waals surface area (Å²) in [6, 6.07) is 6.16. The van der Waals surface area contributed by atoms with Crippen LogP contribution in [0.15, 0.2) is 23.2 Å². The largest absolute Gasteiger partial charge is 0.504 e. The SMILES string of the molecule is COc1ccc(C2CN=C(N)N2C2CCCC2)cc1O. The number of guanidine groups is 1. The Labute approximate surface area is 119 Å². The molecule has 0 saturated heterocycles. The van der Waals surface area contributed by atoms with Crippen LogP contribution >= 0.6 is 0 Å². The first kappa shape index (κ1) is 13.1. The molecule has 1 unspecified atom stereocenters. The predicted molar refractivity (Wildman–Crippen MR) is 78.0 cm³/mol. The first-order chi connectivity index (χ1) is 9.70. The molecule has 20 heavy (non-hydrogen) atoms. The van der Waals surface area contributed by atoms with E-state index in [9.17, 15) is 5.11 Å². The van der Waals surface area contributed by atoms with E-state index in [4.69, 9.17) is 10.5 Å². The molecule has 3 N–H and O–H groups in total. The average molecular weight is 275 g/mol. The van der Waals surface area contributed by atoms with Gasteiger partial charge >= 0.3 is 0 Å². The molecule has 0 spiro atoms. The van der Waals surface area contributed by atoms with E-state index < -0.39 is 0 Å². The number of hydrogen-bond acceptors (Lipinski definition) is 5. The summed E-state index contributed by atoms with van der Waals surface area (Å²) in [5.74, 6) is 1.30. The highest BCUT2D eigenvalue weighted by atomic mass is 16.5. The van der Waals surface area contributed by atoms with Gasteiger partial charge in [0, 0.05) is 6.04 Å². The lowest BCUT2D eigenvalue weighted by molar-refractivity contribution is 0.261. The summed E-state index contributed by atoms with van der Waals surface area (Å²) < 4.78 is 5.09. The van der Waals surface area contributed by atoms with E-state index in [1.165, 1.54) is 25.7 Å². The number of nitrogens with zero attached hydrogens (tertiary/aromatic N) is 2. The number of benzene rings is 1. The van der Waals surface area contributed by atoms with Crippen molar-refractivity contribution in [2.24, 2.45) is 10.7 Å². The third-order valence-corrected chi connectivity index (χ3v) is 4.33. The smallest absolute Gasteiger partial charge is 0.192 e. The lowest BCUT2D eigenvalue weighted by atomic mass is 10.0. The molecule has 1 atom stereocenters. The second-order valence-electron chi connectivity index (χ2n) is 5.49. The molecule has 1 saturated carbocycles. The normalized spacial score (nSPS) is 23.1. The third-order valence-electron chi connectivity index (χ3n) is 4.33. The van der Waals surface area contributed by atoms with Gasteiger partial charge in [0.25, 0.3) is 0 Å². The molecule has 3 rings (SSSR count). The van der Waals surface area contributed by atoms with Gasteiger partial charge in [-0.2, -0.15) is 0 Å². The van der Waals surface area contributed by atoms with Crippen LogP contribution in [0.5, 0.6) is 11.5 Å². The molecule has 108 valence electrons. The van der Waals surface area contributed by atoms with Crippen LogP contribution in [0.2, 0.25) is 0 Å². The highest BCUT2D eigenvalue weighted by Gasteiger charge is 2.34. The van der Waals surface area contributed by atoms with Crippen molar-refractivity contribution in [3.63, 3.8) is 0 Å². The number of methoxy groups -OCH3 is 1. The minimum Gasteiger partial charge on any atom is -0.504 e. The van der Waals surface area contributed by atoms with Crippen LogP contribution < -0.4 is 10.5 Å². The fraction of sp³-hybridized carbons (Fsp3) is 0.533. The van der Waals surface area contributed by atoms with Crippen molar-refractivity contribution in [2.75, 3.05) is 13.7 Å². The number of rotatable bonds is 3. The molecular formula is C15H21N3O2. The van der Waals surface area contributed by atoms with E-state index >= 15 is 0 Å². The van der Waals surface area contributed by atoms with E-state index in [0.29, 0.717) is 24.3 Å². The van der Waals surface area contributed by atoms with Gasteiger partial charge in [-0.3, -0.25) is 4.99 Å². The molecule has 1 aromatic rings. The zero-order chi connectivity index (χ0) is 14.1. The van der Waals surface area contributed by atoms with Crippen LogP contribution in [0.3, 0.4) is 0 Å². The van der Waals surface area contributed by atoms with Gasteiger partial charge in [-0.05, 0) is 30.5 Å². The molecule has 1 aliphatic heterocycles. The van der Waals surface area contributed by atoms with Gasteiger partial charge in [-0.25, -0.2) is 0 Å². The van der Waals surface area contributed by atoms with Crippen LogP contribution in [-0.2, 0) is 0 Å². The second-order valence-corrected chi connectivity index (χ2v) is 5.49. The number of nitrogens with two attached hydrogens (primary N) is 1. The molecule has 5 heteroatoms. The fourth-order valence-corrected chi connectivity index (χ4v) is 3.31. The Bertz CT molecular complexity index is 524. The van der Waals surface area contributed by atoms with Crippen LogP contribution in [0.1, 0.15) is 37.3 Å². The molecule has 1 heterocycles. The molecule has 1 fully saturated rings. The molecule has 1 aromatic carbocycles. The van der Waals surface area contributed by atoms with Crippen LogP contribution in [-0.4, -0.2) is 35.7 Å². The summed E-state index contributed by atoms with van der Waals surface area (Å²) >= 11 is 0. The van der Waals surface area contributed by atoms with Crippen molar-refractivity contribution >= 4 is 5.96 Å². The number of ether oxygens (including phenoxy) is 1. The van der Waals surface area contributed by atoms with Crippen molar-refractivity contribution in [2.45, 2.75) is 37.8 Å². The molecule has 0 amide bonds. The second kappa shape index (κ2) is 5.23. The quantitative estimate of drug-likeness (QED) is 0.885. The zero-order valence-corrected chi connectivity index (χ0v) is 11.7. The standard InChI is InChI=1S/C15H21N3O2/c1-20-14-7-6-10(8-13(14)19)12-9-17-15(16)18(12)11-4-2-3-5-11/h6-8,11-12,19H,2-5,9H2,1H3,(H2,16,17). The van der Waals surface area contributed by atoms with Gasteiger partial charge in [0.2, 0.25) is 0 Å². The highest BCUT2D eigenvalue weighted by Crippen LogP contribution is 2.36. The molecule has 0 radical (unpaired) electrons. The van der Waals surface area contributed by atoms with E-state index in [2.05, 4.69) is 9.89 Å². The van der Waals surface area contributed by atoms with Crippen LogP contribution in [0, 0.1) is 0 Å². The van der Waals surface area contributed by atoms with Crippen molar-refractivity contribution in [1.82, 2.24) is 4.90 Å². The number of phenols is 1. The maximum absolute atomic E-state index is 9.96. The number of aromatic hydroxyl groups is 1. The van der Waals surface area contributed by atoms with Crippen molar-refractivity contribution in [3.8, 4) is 11.5 Å². The summed E-state index contributed by atoms with van der Waals surface area (Å²) in [5, 5.41) is 9.96. The summed E-state index contributed by atoms with van der Waals surface area (Å²) in [6.07, 6.45) is 4.87. The fourth-order valence-electron chi connectivity index (χ4n) is 3.31. The average Bonchev–Trinajstić information content (AvgIpc) is 3.07. The lowest BCUT2D eigenvalue weighted by Gasteiger charge is -2.32. The Hall–Kier alpha value is -1.91. The van der Waals surface area contributed by atoms with Crippen molar-refractivity contribution < 1.29 is 9.84 Å². The topological polar surface area (TPSA) is 71.1 Å². The molecule has 0 bridgehead atoms. The summed E-state index contributed by atoms with van der Waals surface area (Å²) in [4.78, 5) is 6.63. The Morgan fingerprint density at radius 2 is 2.10 bits per heavy atom. The van der Waals surface area contributed by atoms with Gasteiger partial charge < -0.3 is 20.5 Å². The summed E-state index contributed by atoms with van der Waals surface area (Å²) in [6.45, 7) is 0.661. The Morgan fingerprint density at radius 3 is 2.75 bits per heavy atom. The zero-order valence-electron chi connectivity index (χ0n) is 11.7. The summed E-state index contributed by atoms with van der Waals surface area (Å²) in [5.41, 5.74) is 7.11. The number of hydrogen-bond donors (Lipinski definition) is 2. The van der Waals surface area contributed by atoms with E-state index in [1.54, 1.807) is 19.2 Å². The van der Waals surface area contributed by atoms with Gasteiger partial charge in [0.1, 0.15) is 0 Å². The molecule has 5 nitrogen and oxygen atoms in total. The van der Waals surface area contributed by atoms with Gasteiger partial charge in [-0.15, -0.1) is 0 Å². The highest BCUT2D eigenvalue weighted by molar-refractivity contribution is 5.81. The van der Waals surface area contributed by atoms with Gasteiger partial charge in [0.05, 0.1) is 19.7 Å². The van der Waals surface area contributed by atoms with Crippen molar-refractivity contribution in [3.05, 3.63) is 23.8 Å². The molecular weight excluding hydrogens is 254 g/mol. The maximum atomic E-state index is 9.96. The molecule has 0 aromatic heterocycles. The minimum absolute atomic E-state index is 0.134. The molecule has 2 aliphatic rings. The van der Waals surface area contributed by atoms with Gasteiger partial charge in [0.15, 0.2) is 17.5 Å². The van der Waals surface area contributed by atoms with E-state index in [-0.39, 0.29) is 11.8 Å². The van der Waals surface area contributed by atoms with Gasteiger partial charge in [-0.1, -0.05) is 18.9 Å². The Kier molecular flexibility index (Phi) is 3.42. The third kappa shape index (κ3) is 2.17. The maximum Gasteiger partial charge on any atom is 0.192 e. The molecule has 1 aliphatic carbocycles. The number of phenolic OH excluding ortho intramolecular Hbond substituents is 1. The van der Waals surface area contributed by atoms with Crippen LogP contribution in [0.25, 0.3) is 0 Å². The first-order valence-corrected chi connectivity index (χ1v) is 7.16. The predicted octanol–water partition coefficient (Wildman–Crippen LogP) is 2.01. The van der Waals surface area contributed by atoms with E-state index in [0.717, 1.165) is 5.56 Å². The first-order valence-electron chi connectivity index (χ1n) is 7.16. The Morgan fingerprint density at radius 1 is 1.35 bits per heavy atom. The van der Waals surface area contributed by atoms with Crippen molar-refractivity contribution in [1.29, 1.82) is 0 Å². The Balaban J connectivity index is 1.87. The van der Waals surface area contributed by atoms with Crippen LogP contribution in [0.4, 0.5) is 0 Å². The van der Waals surface area contributed by atoms with E-state index in [1.807, 2.05) is 6.07 Å². The number of aliphatic imine (C=N–C) groups is 1.